The van der Waals surface area contributed by atoms with Crippen LogP contribution in [-0.4, -0.2) is 12.6 Å². The topological polar surface area (TPSA) is 26.3 Å². The van der Waals surface area contributed by atoms with Crippen LogP contribution in [-0.2, 0) is 9.53 Å². The van der Waals surface area contributed by atoms with Gasteiger partial charge in [-0.25, -0.2) is 0 Å². The third-order valence-electron chi connectivity index (χ3n) is 3.36. The molecule has 0 N–H and O–H groups in total. The largest absolute Gasteiger partial charge is 0.466 e. The van der Waals surface area contributed by atoms with Crippen molar-refractivity contribution in [1.29, 1.82) is 0 Å². The van der Waals surface area contributed by atoms with E-state index >= 15 is 0 Å². The van der Waals surface area contributed by atoms with Crippen LogP contribution in [0, 0.1) is 5.92 Å². The lowest BCUT2D eigenvalue weighted by Crippen LogP contribution is -2.27. The van der Waals surface area contributed by atoms with Crippen molar-refractivity contribution in [2.45, 2.75) is 52.4 Å². The van der Waals surface area contributed by atoms with Gasteiger partial charge in [0, 0.05) is 0 Å². The standard InChI is InChI=1S/C15H24O2/c1-4-7-8-9-10-12-11-14(13(12)5-2)15(16)17-6-3/h5,14H,2,4,6-11H2,1,3H3/t14-/m1/s1. The zero-order chi connectivity index (χ0) is 12.7. The summed E-state index contributed by atoms with van der Waals surface area (Å²) < 4.78 is 5.05. The van der Waals surface area contributed by atoms with Gasteiger partial charge in [-0.2, -0.15) is 0 Å². The van der Waals surface area contributed by atoms with Gasteiger partial charge in [0.2, 0.25) is 0 Å². The molecule has 1 aliphatic rings. The van der Waals surface area contributed by atoms with Crippen LogP contribution in [0.4, 0.5) is 0 Å². The molecular formula is C15H24O2. The van der Waals surface area contributed by atoms with E-state index in [1.54, 1.807) is 0 Å². The molecule has 1 atom stereocenters. The zero-order valence-electron chi connectivity index (χ0n) is 11.1. The molecule has 0 spiro atoms. The van der Waals surface area contributed by atoms with Gasteiger partial charge in [-0.05, 0) is 31.8 Å². The van der Waals surface area contributed by atoms with Crippen molar-refractivity contribution in [2.75, 3.05) is 6.61 Å². The van der Waals surface area contributed by atoms with Crippen LogP contribution < -0.4 is 0 Å². The van der Waals surface area contributed by atoms with E-state index in [0.717, 1.165) is 18.4 Å². The van der Waals surface area contributed by atoms with Crippen LogP contribution in [0.25, 0.3) is 0 Å². The molecule has 0 aromatic carbocycles. The summed E-state index contributed by atoms with van der Waals surface area (Å²) in [4.78, 5) is 11.6. The summed E-state index contributed by atoms with van der Waals surface area (Å²) in [5.41, 5.74) is 2.54. The molecule has 1 rings (SSSR count). The molecule has 0 aromatic rings. The fraction of sp³-hybridized carbons (Fsp3) is 0.667. The van der Waals surface area contributed by atoms with Crippen LogP contribution in [0.2, 0.25) is 0 Å². The van der Waals surface area contributed by atoms with E-state index in [4.69, 9.17) is 4.74 Å². The summed E-state index contributed by atoms with van der Waals surface area (Å²) in [7, 11) is 0. The third kappa shape index (κ3) is 3.72. The summed E-state index contributed by atoms with van der Waals surface area (Å²) in [6, 6.07) is 0. The Morgan fingerprint density at radius 1 is 1.41 bits per heavy atom. The minimum atomic E-state index is -0.0836. The zero-order valence-corrected chi connectivity index (χ0v) is 11.1. The molecule has 0 heterocycles. The molecule has 2 heteroatoms. The summed E-state index contributed by atoms with van der Waals surface area (Å²) in [6.45, 7) is 8.33. The maximum Gasteiger partial charge on any atom is 0.313 e. The van der Waals surface area contributed by atoms with Crippen molar-refractivity contribution < 1.29 is 9.53 Å². The molecule has 0 bridgehead atoms. The minimum absolute atomic E-state index is 0.0337. The lowest BCUT2D eigenvalue weighted by molar-refractivity contribution is -0.147. The first-order valence-corrected chi connectivity index (χ1v) is 6.75. The van der Waals surface area contributed by atoms with Gasteiger partial charge in [0.1, 0.15) is 0 Å². The molecular weight excluding hydrogens is 212 g/mol. The number of ether oxygens (including phenoxy) is 1. The summed E-state index contributed by atoms with van der Waals surface area (Å²) in [5, 5.41) is 0. The normalized spacial score (nSPS) is 18.8. The van der Waals surface area contributed by atoms with Gasteiger partial charge in [0.25, 0.3) is 0 Å². The molecule has 0 fully saturated rings. The first-order valence-electron chi connectivity index (χ1n) is 6.75. The molecule has 0 saturated heterocycles. The maximum atomic E-state index is 11.6. The van der Waals surface area contributed by atoms with Crippen molar-refractivity contribution in [2.24, 2.45) is 5.92 Å². The smallest absolute Gasteiger partial charge is 0.313 e. The van der Waals surface area contributed by atoms with Crippen LogP contribution in [0.5, 0.6) is 0 Å². The van der Waals surface area contributed by atoms with Gasteiger partial charge in [0.05, 0.1) is 12.5 Å². The number of esters is 1. The molecule has 2 nitrogen and oxygen atoms in total. The van der Waals surface area contributed by atoms with Crippen LogP contribution in [0.1, 0.15) is 52.4 Å². The number of allylic oxidation sites excluding steroid dienone is 2. The average molecular weight is 236 g/mol. The van der Waals surface area contributed by atoms with E-state index in [1.165, 1.54) is 31.3 Å². The Labute approximate surface area is 105 Å². The van der Waals surface area contributed by atoms with Gasteiger partial charge in [-0.3, -0.25) is 4.79 Å². The van der Waals surface area contributed by atoms with Gasteiger partial charge in [0.15, 0.2) is 0 Å². The highest BCUT2D eigenvalue weighted by Crippen LogP contribution is 2.39. The number of hydrogen-bond donors (Lipinski definition) is 0. The van der Waals surface area contributed by atoms with Crippen molar-refractivity contribution in [3.63, 3.8) is 0 Å². The quantitative estimate of drug-likeness (QED) is 0.470. The SMILES string of the molecule is C=CC1=C(CCCCCC)C[C@H]1C(=O)OCC. The molecule has 0 saturated carbocycles. The third-order valence-corrected chi connectivity index (χ3v) is 3.36. The molecule has 0 unspecified atom stereocenters. The van der Waals surface area contributed by atoms with Crippen LogP contribution in [0.3, 0.4) is 0 Å². The molecule has 17 heavy (non-hydrogen) atoms. The molecule has 96 valence electrons. The number of rotatable bonds is 8. The predicted molar refractivity (Wildman–Crippen MR) is 70.7 cm³/mol. The maximum absolute atomic E-state index is 11.6. The second-order valence-corrected chi connectivity index (χ2v) is 4.58. The van der Waals surface area contributed by atoms with Crippen molar-refractivity contribution in [3.8, 4) is 0 Å². The molecule has 0 aliphatic heterocycles. The van der Waals surface area contributed by atoms with Crippen LogP contribution >= 0.6 is 0 Å². The van der Waals surface area contributed by atoms with E-state index in [2.05, 4.69) is 13.5 Å². The second-order valence-electron chi connectivity index (χ2n) is 4.58. The Kier molecular flexibility index (Phi) is 6.03. The van der Waals surface area contributed by atoms with Gasteiger partial charge < -0.3 is 4.74 Å². The Morgan fingerprint density at radius 3 is 2.76 bits per heavy atom. The fourth-order valence-electron chi connectivity index (χ4n) is 2.34. The molecule has 0 amide bonds. The number of carbonyl (C=O) groups is 1. The number of carbonyl (C=O) groups excluding carboxylic acids is 1. The summed E-state index contributed by atoms with van der Waals surface area (Å²) in [5.74, 6) is -0.117. The Morgan fingerprint density at radius 2 is 2.18 bits per heavy atom. The van der Waals surface area contributed by atoms with E-state index in [0.29, 0.717) is 6.61 Å². The first-order chi connectivity index (χ1) is 8.24. The Hall–Kier alpha value is -1.05. The van der Waals surface area contributed by atoms with Gasteiger partial charge >= 0.3 is 5.97 Å². The second kappa shape index (κ2) is 7.31. The van der Waals surface area contributed by atoms with Crippen molar-refractivity contribution in [1.82, 2.24) is 0 Å². The molecule has 0 radical (unpaired) electrons. The van der Waals surface area contributed by atoms with E-state index < -0.39 is 0 Å². The highest BCUT2D eigenvalue weighted by Gasteiger charge is 2.33. The Bertz CT molecular complexity index is 302. The van der Waals surface area contributed by atoms with Crippen molar-refractivity contribution >= 4 is 5.97 Å². The van der Waals surface area contributed by atoms with Gasteiger partial charge in [-0.1, -0.05) is 44.4 Å². The van der Waals surface area contributed by atoms with Crippen molar-refractivity contribution in [3.05, 3.63) is 23.8 Å². The van der Waals surface area contributed by atoms with E-state index in [9.17, 15) is 4.79 Å². The monoisotopic (exact) mass is 236 g/mol. The minimum Gasteiger partial charge on any atom is -0.466 e. The van der Waals surface area contributed by atoms with Crippen LogP contribution in [0.15, 0.2) is 23.8 Å². The predicted octanol–water partition coefficient (Wildman–Crippen LogP) is 4.02. The highest BCUT2D eigenvalue weighted by molar-refractivity contribution is 5.80. The van der Waals surface area contributed by atoms with Gasteiger partial charge in [-0.15, -0.1) is 0 Å². The molecule has 0 aromatic heterocycles. The van der Waals surface area contributed by atoms with E-state index in [-0.39, 0.29) is 11.9 Å². The highest BCUT2D eigenvalue weighted by atomic mass is 16.5. The average Bonchev–Trinajstić information content (AvgIpc) is 2.28. The first kappa shape index (κ1) is 14.0. The van der Waals surface area contributed by atoms with E-state index in [1.807, 2.05) is 13.0 Å². The fourth-order valence-corrected chi connectivity index (χ4v) is 2.34. The molecule has 1 aliphatic carbocycles. The lowest BCUT2D eigenvalue weighted by Gasteiger charge is -2.30. The number of unbranched alkanes of at least 4 members (excludes halogenated alkanes) is 3. The summed E-state index contributed by atoms with van der Waals surface area (Å²) in [6.07, 6.45) is 8.92. The Balaban J connectivity index is 2.42. The number of hydrogen-bond acceptors (Lipinski definition) is 2. The lowest BCUT2D eigenvalue weighted by atomic mass is 9.75. The summed E-state index contributed by atoms with van der Waals surface area (Å²) >= 11 is 0.